The molecule has 0 saturated heterocycles. The van der Waals surface area contributed by atoms with Gasteiger partial charge in [0.05, 0.1) is 0 Å². The van der Waals surface area contributed by atoms with Crippen molar-refractivity contribution < 1.29 is 4.79 Å². The summed E-state index contributed by atoms with van der Waals surface area (Å²) in [4.78, 5) is 13.9. The van der Waals surface area contributed by atoms with Crippen molar-refractivity contribution in [3.05, 3.63) is 65.7 Å². The molecule has 2 aromatic rings. The fourth-order valence-corrected chi connectivity index (χ4v) is 1.88. The van der Waals surface area contributed by atoms with Crippen LogP contribution in [0.1, 0.15) is 15.9 Å². The quantitative estimate of drug-likeness (QED) is 0.770. The molecule has 3 heteroatoms. The van der Waals surface area contributed by atoms with E-state index in [-0.39, 0.29) is 5.91 Å². The third-order valence-electron chi connectivity index (χ3n) is 2.80. The molecule has 92 valence electrons. The third-order valence-corrected chi connectivity index (χ3v) is 3.11. The lowest BCUT2D eigenvalue weighted by atomic mass is 10.1. The van der Waals surface area contributed by atoms with E-state index in [2.05, 4.69) is 0 Å². The van der Waals surface area contributed by atoms with E-state index in [1.54, 1.807) is 24.1 Å². The van der Waals surface area contributed by atoms with Crippen molar-refractivity contribution in [2.75, 3.05) is 11.9 Å². The van der Waals surface area contributed by atoms with E-state index in [0.29, 0.717) is 11.4 Å². The average molecular weight is 260 g/mol. The smallest absolute Gasteiger partial charge is 0.258 e. The summed E-state index contributed by atoms with van der Waals surface area (Å²) in [6.45, 7) is 0. The molecule has 1 amide bonds. The molecule has 18 heavy (non-hydrogen) atoms. The first-order valence-corrected chi connectivity index (χ1v) is 6.24. The van der Waals surface area contributed by atoms with Gasteiger partial charge >= 0.3 is 0 Å². The van der Waals surface area contributed by atoms with Crippen molar-refractivity contribution >= 4 is 23.2 Å². The zero-order valence-electron chi connectivity index (χ0n) is 10.1. The highest BCUT2D eigenvalue weighted by molar-refractivity contribution is 6.17. The molecule has 0 atom stereocenters. The standard InChI is InChI=1S/C15H14ClNO/c1-17(14-5-3-2-4-6-14)15(18)13-9-7-12(11-16)8-10-13/h2-10H,11H2,1H3. The lowest BCUT2D eigenvalue weighted by Crippen LogP contribution is -2.26. The first-order chi connectivity index (χ1) is 8.72. The molecule has 2 rings (SSSR count). The monoisotopic (exact) mass is 259 g/mol. The second kappa shape index (κ2) is 5.69. The van der Waals surface area contributed by atoms with Gasteiger partial charge < -0.3 is 4.90 Å². The van der Waals surface area contributed by atoms with E-state index in [1.807, 2.05) is 42.5 Å². The van der Waals surface area contributed by atoms with Gasteiger partial charge in [0.2, 0.25) is 0 Å². The van der Waals surface area contributed by atoms with Gasteiger partial charge in [-0.2, -0.15) is 0 Å². The number of halogens is 1. The van der Waals surface area contributed by atoms with E-state index in [0.717, 1.165) is 11.3 Å². The van der Waals surface area contributed by atoms with E-state index < -0.39 is 0 Å². The van der Waals surface area contributed by atoms with Crippen molar-refractivity contribution in [2.24, 2.45) is 0 Å². The third kappa shape index (κ3) is 2.71. The first-order valence-electron chi connectivity index (χ1n) is 5.70. The molecule has 2 aromatic carbocycles. The Bertz CT molecular complexity index is 522. The molecule has 0 saturated carbocycles. The van der Waals surface area contributed by atoms with Crippen molar-refractivity contribution in [2.45, 2.75) is 5.88 Å². The van der Waals surface area contributed by atoms with Crippen LogP contribution < -0.4 is 4.90 Å². The van der Waals surface area contributed by atoms with Gasteiger partial charge in [0.25, 0.3) is 5.91 Å². The SMILES string of the molecule is CN(C(=O)c1ccc(CCl)cc1)c1ccccc1. The van der Waals surface area contributed by atoms with Crippen molar-refractivity contribution in [3.63, 3.8) is 0 Å². The second-order valence-electron chi connectivity index (χ2n) is 4.03. The molecule has 0 unspecified atom stereocenters. The minimum absolute atomic E-state index is 0.0256. The van der Waals surface area contributed by atoms with Gasteiger partial charge in [-0.1, -0.05) is 30.3 Å². The molecule has 0 aliphatic rings. The molecule has 0 N–H and O–H groups in total. The minimum atomic E-state index is -0.0256. The Morgan fingerprint density at radius 3 is 2.22 bits per heavy atom. The Morgan fingerprint density at radius 1 is 1.06 bits per heavy atom. The highest BCUT2D eigenvalue weighted by Crippen LogP contribution is 2.15. The predicted octanol–water partition coefficient (Wildman–Crippen LogP) is 3.70. The average Bonchev–Trinajstić information content (AvgIpc) is 2.47. The number of hydrogen-bond acceptors (Lipinski definition) is 1. The number of amides is 1. The maximum Gasteiger partial charge on any atom is 0.258 e. The Hall–Kier alpha value is -1.80. The van der Waals surface area contributed by atoms with Gasteiger partial charge in [-0.25, -0.2) is 0 Å². The topological polar surface area (TPSA) is 20.3 Å². The van der Waals surface area contributed by atoms with Crippen LogP contribution in [-0.4, -0.2) is 13.0 Å². The zero-order chi connectivity index (χ0) is 13.0. The molecule has 2 nitrogen and oxygen atoms in total. The molecule has 0 spiro atoms. The van der Waals surface area contributed by atoms with Gasteiger partial charge in [0.15, 0.2) is 0 Å². The van der Waals surface area contributed by atoms with E-state index in [4.69, 9.17) is 11.6 Å². The van der Waals surface area contributed by atoms with E-state index in [9.17, 15) is 4.79 Å². The molecule has 0 heterocycles. The number of carbonyl (C=O) groups is 1. The molecule has 0 bridgehead atoms. The number of alkyl halides is 1. The normalized spacial score (nSPS) is 10.1. The predicted molar refractivity (Wildman–Crippen MR) is 75.2 cm³/mol. The lowest BCUT2D eigenvalue weighted by molar-refractivity contribution is 0.0993. The number of rotatable bonds is 3. The Labute approximate surface area is 112 Å². The van der Waals surface area contributed by atoms with E-state index in [1.165, 1.54) is 0 Å². The summed E-state index contributed by atoms with van der Waals surface area (Å²) in [5.74, 6) is 0.436. The summed E-state index contributed by atoms with van der Waals surface area (Å²) >= 11 is 5.72. The van der Waals surface area contributed by atoms with Crippen LogP contribution in [0.15, 0.2) is 54.6 Å². The summed E-state index contributed by atoms with van der Waals surface area (Å²) in [6, 6.07) is 16.9. The molecular formula is C15H14ClNO. The summed E-state index contributed by atoms with van der Waals surface area (Å²) in [5, 5.41) is 0. The molecule has 0 aromatic heterocycles. The van der Waals surface area contributed by atoms with Gasteiger partial charge in [-0.05, 0) is 29.8 Å². The number of para-hydroxylation sites is 1. The van der Waals surface area contributed by atoms with E-state index >= 15 is 0 Å². The van der Waals surface area contributed by atoms with Crippen molar-refractivity contribution in [3.8, 4) is 0 Å². The molecule has 0 aliphatic carbocycles. The maximum absolute atomic E-state index is 12.2. The highest BCUT2D eigenvalue weighted by atomic mass is 35.5. The Morgan fingerprint density at radius 2 is 1.67 bits per heavy atom. The van der Waals surface area contributed by atoms with Gasteiger partial charge in [-0.3, -0.25) is 4.79 Å². The Kier molecular flexibility index (Phi) is 4.00. The lowest BCUT2D eigenvalue weighted by Gasteiger charge is -2.17. The van der Waals surface area contributed by atoms with Gasteiger partial charge in [0.1, 0.15) is 0 Å². The number of benzene rings is 2. The highest BCUT2D eigenvalue weighted by Gasteiger charge is 2.12. The summed E-state index contributed by atoms with van der Waals surface area (Å²) in [5.41, 5.74) is 2.55. The van der Waals surface area contributed by atoms with Crippen LogP contribution in [0.3, 0.4) is 0 Å². The first kappa shape index (κ1) is 12.7. The van der Waals surface area contributed by atoms with Crippen LogP contribution in [0, 0.1) is 0 Å². The minimum Gasteiger partial charge on any atom is -0.311 e. The second-order valence-corrected chi connectivity index (χ2v) is 4.30. The summed E-state index contributed by atoms with van der Waals surface area (Å²) < 4.78 is 0. The van der Waals surface area contributed by atoms with Gasteiger partial charge in [-0.15, -0.1) is 11.6 Å². The molecular weight excluding hydrogens is 246 g/mol. The zero-order valence-corrected chi connectivity index (χ0v) is 10.9. The number of carbonyl (C=O) groups excluding carboxylic acids is 1. The Balaban J connectivity index is 2.20. The van der Waals surface area contributed by atoms with Crippen LogP contribution in [-0.2, 0) is 5.88 Å². The van der Waals surface area contributed by atoms with Crippen LogP contribution in [0.4, 0.5) is 5.69 Å². The fraction of sp³-hybridized carbons (Fsp3) is 0.133. The number of anilines is 1. The maximum atomic E-state index is 12.2. The van der Waals surface area contributed by atoms with Gasteiger partial charge in [0, 0.05) is 24.2 Å². The van der Waals surface area contributed by atoms with Crippen LogP contribution in [0.2, 0.25) is 0 Å². The summed E-state index contributed by atoms with van der Waals surface area (Å²) in [6.07, 6.45) is 0. The van der Waals surface area contributed by atoms with Crippen LogP contribution in [0.25, 0.3) is 0 Å². The van der Waals surface area contributed by atoms with Crippen LogP contribution >= 0.6 is 11.6 Å². The van der Waals surface area contributed by atoms with Crippen LogP contribution in [0.5, 0.6) is 0 Å². The summed E-state index contributed by atoms with van der Waals surface area (Å²) in [7, 11) is 1.77. The largest absolute Gasteiger partial charge is 0.311 e. The van der Waals surface area contributed by atoms with Crippen molar-refractivity contribution in [1.29, 1.82) is 0 Å². The van der Waals surface area contributed by atoms with Crippen molar-refractivity contribution in [1.82, 2.24) is 0 Å². The molecule has 0 fully saturated rings. The number of hydrogen-bond donors (Lipinski definition) is 0. The fourth-order valence-electron chi connectivity index (χ4n) is 1.70. The number of nitrogens with zero attached hydrogens (tertiary/aromatic N) is 1. The molecule has 0 radical (unpaired) electrons. The molecule has 0 aliphatic heterocycles.